The highest BCUT2D eigenvalue weighted by atomic mass is 16.5. The van der Waals surface area contributed by atoms with Crippen LogP contribution in [0.5, 0.6) is 5.75 Å². The zero-order chi connectivity index (χ0) is 14.5. The van der Waals surface area contributed by atoms with E-state index in [1.165, 1.54) is 0 Å². The van der Waals surface area contributed by atoms with Crippen molar-refractivity contribution in [2.24, 2.45) is 0 Å². The summed E-state index contributed by atoms with van der Waals surface area (Å²) in [5, 5.41) is 0. The van der Waals surface area contributed by atoms with Gasteiger partial charge < -0.3 is 4.74 Å². The second-order valence-electron chi connectivity index (χ2n) is 4.44. The van der Waals surface area contributed by atoms with Crippen molar-refractivity contribution < 1.29 is 9.16 Å². The average molecular weight is 266 g/mol. The van der Waals surface area contributed by atoms with Gasteiger partial charge in [0, 0.05) is 12.2 Å². The Bertz CT molecular complexity index is 608. The molecular formula is C18H18O2+. The Balaban J connectivity index is 2.47. The summed E-state index contributed by atoms with van der Waals surface area (Å²) in [5.74, 6) is 1.66. The van der Waals surface area contributed by atoms with Crippen molar-refractivity contribution in [1.82, 2.24) is 0 Å². The van der Waals surface area contributed by atoms with E-state index in [0.29, 0.717) is 0 Å². The molecule has 0 bridgehead atoms. The highest BCUT2D eigenvalue weighted by molar-refractivity contribution is 6.03. The highest BCUT2D eigenvalue weighted by Crippen LogP contribution is 2.29. The molecule has 0 heterocycles. The molecule has 0 saturated carbocycles. The molecule has 2 heteroatoms. The van der Waals surface area contributed by atoms with Crippen LogP contribution >= 0.6 is 0 Å². The summed E-state index contributed by atoms with van der Waals surface area (Å²) in [6.45, 7) is 7.97. The number of benzene rings is 1. The van der Waals surface area contributed by atoms with Gasteiger partial charge in [0.05, 0.1) is 7.11 Å². The molecule has 0 saturated heterocycles. The molecule has 101 valence electrons. The van der Waals surface area contributed by atoms with Gasteiger partial charge in [-0.05, 0) is 53.5 Å². The first-order valence-electron chi connectivity index (χ1n) is 6.32. The quantitative estimate of drug-likeness (QED) is 0.764. The number of carbonyl (C=O) groups excluding carboxylic acids is 1. The minimum absolute atomic E-state index is 0.778. The average Bonchev–Trinajstić information content (AvgIpc) is 2.48. The van der Waals surface area contributed by atoms with E-state index in [9.17, 15) is 0 Å². The van der Waals surface area contributed by atoms with Crippen LogP contribution in [0.1, 0.15) is 5.56 Å². The molecule has 0 amide bonds. The SMILES string of the molecule is [CH2]C(=C)C(=C1C=CC(=[O+]C)C=C1)c1ccc(OC)cc1. The molecule has 1 aromatic carbocycles. The normalized spacial score (nSPS) is 13.3. The third-order valence-corrected chi connectivity index (χ3v) is 3.11. The molecule has 0 aromatic heterocycles. The summed E-state index contributed by atoms with van der Waals surface area (Å²) in [4.78, 5) is 0. The van der Waals surface area contributed by atoms with Gasteiger partial charge in [0.25, 0.3) is 7.11 Å². The molecular weight excluding hydrogens is 248 g/mol. The van der Waals surface area contributed by atoms with E-state index in [0.717, 1.165) is 33.8 Å². The van der Waals surface area contributed by atoms with Gasteiger partial charge in [-0.3, -0.25) is 4.42 Å². The van der Waals surface area contributed by atoms with Crippen molar-refractivity contribution in [3.05, 3.63) is 78.8 Å². The topological polar surface area (TPSA) is 20.5 Å². The standard InChI is InChI=1S/C18H18O2/c1-13(2)18(14-5-9-16(19-3)10-6-14)15-7-11-17(20-4)12-8-15/h5-12H,1-2H2,3-4H3/q+1. The van der Waals surface area contributed by atoms with E-state index in [1.54, 1.807) is 14.2 Å². The fourth-order valence-electron chi connectivity index (χ4n) is 2.09. The molecule has 0 unspecified atom stereocenters. The molecule has 1 aliphatic rings. The van der Waals surface area contributed by atoms with Crippen LogP contribution in [-0.4, -0.2) is 20.0 Å². The number of hydrogen-bond donors (Lipinski definition) is 0. The highest BCUT2D eigenvalue weighted by Gasteiger charge is 2.12. The van der Waals surface area contributed by atoms with Crippen LogP contribution < -0.4 is 4.74 Å². The second-order valence-corrected chi connectivity index (χ2v) is 4.44. The first-order chi connectivity index (χ1) is 9.65. The number of ketones is 1. The van der Waals surface area contributed by atoms with Crippen molar-refractivity contribution in [2.75, 3.05) is 14.2 Å². The third-order valence-electron chi connectivity index (χ3n) is 3.11. The molecule has 1 aromatic rings. The van der Waals surface area contributed by atoms with Crippen molar-refractivity contribution in [2.45, 2.75) is 0 Å². The Labute approximate surface area is 120 Å². The van der Waals surface area contributed by atoms with Gasteiger partial charge >= 0.3 is 5.78 Å². The second kappa shape index (κ2) is 6.20. The van der Waals surface area contributed by atoms with Crippen LogP contribution in [-0.2, 0) is 4.42 Å². The third kappa shape index (κ3) is 2.97. The zero-order valence-electron chi connectivity index (χ0n) is 11.8. The zero-order valence-corrected chi connectivity index (χ0v) is 11.8. The maximum absolute atomic E-state index is 5.18. The lowest BCUT2D eigenvalue weighted by Crippen LogP contribution is -1.98. The number of hydrogen-bond acceptors (Lipinski definition) is 1. The van der Waals surface area contributed by atoms with Crippen molar-refractivity contribution in [3.63, 3.8) is 0 Å². The summed E-state index contributed by atoms with van der Waals surface area (Å²) >= 11 is 0. The van der Waals surface area contributed by atoms with Gasteiger partial charge in [0.1, 0.15) is 5.75 Å². The summed E-state index contributed by atoms with van der Waals surface area (Å²) in [6.07, 6.45) is 7.88. The number of allylic oxidation sites excluding steroid dienone is 7. The van der Waals surface area contributed by atoms with Crippen LogP contribution in [0.4, 0.5) is 0 Å². The van der Waals surface area contributed by atoms with Crippen molar-refractivity contribution >= 4 is 11.4 Å². The van der Waals surface area contributed by atoms with Crippen LogP contribution in [0.15, 0.2) is 66.3 Å². The summed E-state index contributed by atoms with van der Waals surface area (Å²) in [6, 6.07) is 7.88. The summed E-state index contributed by atoms with van der Waals surface area (Å²) in [5.41, 5.74) is 3.93. The number of ether oxygens (including phenoxy) is 1. The van der Waals surface area contributed by atoms with Crippen molar-refractivity contribution in [1.29, 1.82) is 0 Å². The monoisotopic (exact) mass is 266 g/mol. The van der Waals surface area contributed by atoms with Gasteiger partial charge in [-0.2, -0.15) is 0 Å². The smallest absolute Gasteiger partial charge is 0.343 e. The van der Waals surface area contributed by atoms with Gasteiger partial charge in [-0.25, -0.2) is 0 Å². The van der Waals surface area contributed by atoms with Gasteiger partial charge in [0.15, 0.2) is 0 Å². The Morgan fingerprint density at radius 3 is 2.10 bits per heavy atom. The van der Waals surface area contributed by atoms with Gasteiger partial charge in [0.2, 0.25) is 0 Å². The Hall–Kier alpha value is -2.35. The molecule has 0 aliphatic heterocycles. The maximum atomic E-state index is 5.18. The summed E-state index contributed by atoms with van der Waals surface area (Å²) < 4.78 is 10.4. The molecule has 0 atom stereocenters. The maximum Gasteiger partial charge on any atom is 0.343 e. The number of rotatable bonds is 3. The molecule has 2 rings (SSSR count). The van der Waals surface area contributed by atoms with E-state index in [4.69, 9.17) is 9.16 Å². The minimum atomic E-state index is 0.778. The predicted octanol–water partition coefficient (Wildman–Crippen LogP) is 3.70. The molecule has 1 radical (unpaired) electrons. The fraction of sp³-hybridized carbons (Fsp3) is 0.111. The predicted molar refractivity (Wildman–Crippen MR) is 83.6 cm³/mol. The molecule has 1 aliphatic carbocycles. The number of methoxy groups -OCH3 is 1. The lowest BCUT2D eigenvalue weighted by atomic mass is 9.92. The molecule has 20 heavy (non-hydrogen) atoms. The Morgan fingerprint density at radius 1 is 1.05 bits per heavy atom. The fourth-order valence-corrected chi connectivity index (χ4v) is 2.09. The Kier molecular flexibility index (Phi) is 4.36. The first kappa shape index (κ1) is 14.1. The van der Waals surface area contributed by atoms with Crippen LogP contribution in [0.3, 0.4) is 0 Å². The molecule has 0 fully saturated rings. The van der Waals surface area contributed by atoms with Crippen LogP contribution in [0.25, 0.3) is 5.57 Å². The Morgan fingerprint density at radius 2 is 1.65 bits per heavy atom. The molecule has 2 nitrogen and oxygen atoms in total. The van der Waals surface area contributed by atoms with E-state index in [1.807, 2.05) is 48.6 Å². The van der Waals surface area contributed by atoms with E-state index in [2.05, 4.69) is 13.5 Å². The van der Waals surface area contributed by atoms with E-state index in [-0.39, 0.29) is 0 Å². The van der Waals surface area contributed by atoms with Gasteiger partial charge in [-0.1, -0.05) is 18.7 Å². The van der Waals surface area contributed by atoms with E-state index >= 15 is 0 Å². The first-order valence-corrected chi connectivity index (χ1v) is 6.32. The van der Waals surface area contributed by atoms with Gasteiger partial charge in [-0.15, -0.1) is 0 Å². The molecule has 0 N–H and O–H groups in total. The largest absolute Gasteiger partial charge is 0.497 e. The van der Waals surface area contributed by atoms with Crippen LogP contribution in [0, 0.1) is 6.92 Å². The summed E-state index contributed by atoms with van der Waals surface area (Å²) in [7, 11) is 3.31. The minimum Gasteiger partial charge on any atom is -0.497 e. The lowest BCUT2D eigenvalue weighted by molar-refractivity contribution is -0.417. The lowest BCUT2D eigenvalue weighted by Gasteiger charge is -2.12. The molecule has 0 spiro atoms. The van der Waals surface area contributed by atoms with E-state index < -0.39 is 0 Å². The van der Waals surface area contributed by atoms with Crippen molar-refractivity contribution in [3.8, 4) is 5.75 Å². The van der Waals surface area contributed by atoms with Crippen LogP contribution in [0.2, 0.25) is 0 Å².